The molecule has 1 amide bonds. The summed E-state index contributed by atoms with van der Waals surface area (Å²) in [6.07, 6.45) is 3.73. The number of hydrogen-bond donors (Lipinski definition) is 3. The molecule has 1 aliphatic carbocycles. The lowest BCUT2D eigenvalue weighted by Crippen LogP contribution is -2.45. The summed E-state index contributed by atoms with van der Waals surface area (Å²) in [5, 5.41) is 17.4. The lowest BCUT2D eigenvalue weighted by molar-refractivity contribution is -0.122. The molecule has 0 radical (unpaired) electrons. The van der Waals surface area contributed by atoms with E-state index in [0.29, 0.717) is 16.6 Å². The van der Waals surface area contributed by atoms with Crippen LogP contribution in [-0.4, -0.2) is 30.1 Å². The molecule has 2 aliphatic rings. The molecule has 0 aromatic heterocycles. The van der Waals surface area contributed by atoms with Gasteiger partial charge in [-0.25, -0.2) is 0 Å². The predicted octanol–water partition coefficient (Wildman–Crippen LogP) is 3.06. The number of halogens is 2. The Bertz CT molecular complexity index is 576. The van der Waals surface area contributed by atoms with E-state index in [0.717, 1.165) is 37.8 Å². The van der Waals surface area contributed by atoms with Crippen molar-refractivity contribution >= 4 is 29.1 Å². The van der Waals surface area contributed by atoms with Crippen LogP contribution in [0.1, 0.15) is 37.2 Å². The smallest absolute Gasteiger partial charge is 0.223 e. The van der Waals surface area contributed by atoms with E-state index in [1.165, 1.54) is 0 Å². The molecule has 1 aromatic carbocycles. The summed E-state index contributed by atoms with van der Waals surface area (Å²) >= 11 is 12.3. The highest BCUT2D eigenvalue weighted by Crippen LogP contribution is 2.41. The van der Waals surface area contributed by atoms with Gasteiger partial charge in [0.15, 0.2) is 0 Å². The fourth-order valence-electron chi connectivity index (χ4n) is 3.08. The topological polar surface area (TPSA) is 61.4 Å². The molecule has 0 spiro atoms. The van der Waals surface area contributed by atoms with Gasteiger partial charge in [-0.1, -0.05) is 23.2 Å². The number of phenolic OH excluding ortho intramolecular Hbond substituents is 1. The number of rotatable bonds is 4. The number of carbonyl (C=O) groups is 1. The molecule has 2 fully saturated rings. The van der Waals surface area contributed by atoms with Crippen LogP contribution in [0.5, 0.6) is 5.75 Å². The van der Waals surface area contributed by atoms with Crippen LogP contribution in [0.15, 0.2) is 12.1 Å². The second-order valence-electron chi connectivity index (χ2n) is 6.19. The van der Waals surface area contributed by atoms with E-state index < -0.39 is 0 Å². The number of piperidine rings is 1. The molecule has 1 aromatic rings. The van der Waals surface area contributed by atoms with Gasteiger partial charge in [0.2, 0.25) is 5.91 Å². The van der Waals surface area contributed by atoms with Crippen molar-refractivity contribution in [1.29, 1.82) is 0 Å². The maximum Gasteiger partial charge on any atom is 0.223 e. The van der Waals surface area contributed by atoms with E-state index in [1.54, 1.807) is 12.1 Å². The average molecular weight is 343 g/mol. The van der Waals surface area contributed by atoms with Gasteiger partial charge in [-0.2, -0.15) is 0 Å². The quantitative estimate of drug-likeness (QED) is 0.787. The number of phenols is 1. The number of amides is 1. The standard InChI is InChI=1S/C16H20Cl2N2O2/c17-12-3-4-13(21)14(15(12)18)10-5-6-19-11(7-10)8-20-16(22)9-1-2-9/h3-4,9-11,19,21H,1-2,5-8H2,(H,20,22)/t10-,11+/m0/s1. The number of carbonyl (C=O) groups excluding carboxylic acids is 1. The van der Waals surface area contributed by atoms with Crippen LogP contribution in [-0.2, 0) is 4.79 Å². The number of nitrogens with one attached hydrogen (secondary N) is 2. The zero-order valence-electron chi connectivity index (χ0n) is 12.2. The minimum atomic E-state index is 0.148. The zero-order chi connectivity index (χ0) is 15.7. The monoisotopic (exact) mass is 342 g/mol. The van der Waals surface area contributed by atoms with E-state index in [-0.39, 0.29) is 29.5 Å². The first kappa shape index (κ1) is 15.9. The Kier molecular flexibility index (Phi) is 4.81. The fraction of sp³-hybridized carbons (Fsp3) is 0.562. The molecule has 1 saturated heterocycles. The molecule has 0 unspecified atom stereocenters. The Morgan fingerprint density at radius 1 is 1.32 bits per heavy atom. The zero-order valence-corrected chi connectivity index (χ0v) is 13.8. The van der Waals surface area contributed by atoms with Gasteiger partial charge < -0.3 is 15.7 Å². The summed E-state index contributed by atoms with van der Waals surface area (Å²) in [5.74, 6) is 0.732. The van der Waals surface area contributed by atoms with Crippen LogP contribution in [0.4, 0.5) is 0 Å². The molecule has 2 atom stereocenters. The van der Waals surface area contributed by atoms with Crippen molar-refractivity contribution in [1.82, 2.24) is 10.6 Å². The lowest BCUT2D eigenvalue weighted by atomic mass is 9.85. The van der Waals surface area contributed by atoms with Gasteiger partial charge in [0.05, 0.1) is 10.0 Å². The predicted molar refractivity (Wildman–Crippen MR) is 87.6 cm³/mol. The average Bonchev–Trinajstić information content (AvgIpc) is 3.34. The Balaban J connectivity index is 1.65. The second-order valence-corrected chi connectivity index (χ2v) is 6.97. The minimum absolute atomic E-state index is 0.148. The maximum atomic E-state index is 11.7. The van der Waals surface area contributed by atoms with Crippen molar-refractivity contribution in [3.63, 3.8) is 0 Å². The van der Waals surface area contributed by atoms with E-state index in [4.69, 9.17) is 23.2 Å². The van der Waals surface area contributed by atoms with Gasteiger partial charge in [0, 0.05) is 24.1 Å². The summed E-state index contributed by atoms with van der Waals surface area (Å²) in [6.45, 7) is 1.45. The van der Waals surface area contributed by atoms with E-state index >= 15 is 0 Å². The van der Waals surface area contributed by atoms with E-state index in [1.807, 2.05) is 0 Å². The number of benzene rings is 1. The third kappa shape index (κ3) is 3.50. The van der Waals surface area contributed by atoms with Gasteiger partial charge >= 0.3 is 0 Å². The third-order valence-corrected chi connectivity index (χ3v) is 5.30. The highest BCUT2D eigenvalue weighted by Gasteiger charge is 2.31. The fourth-order valence-corrected chi connectivity index (χ4v) is 3.56. The van der Waals surface area contributed by atoms with Crippen molar-refractivity contribution in [2.75, 3.05) is 13.1 Å². The molecule has 0 bridgehead atoms. The summed E-state index contributed by atoms with van der Waals surface area (Å²) in [4.78, 5) is 11.7. The van der Waals surface area contributed by atoms with Gasteiger partial charge in [0.25, 0.3) is 0 Å². The number of hydrogen-bond acceptors (Lipinski definition) is 3. The van der Waals surface area contributed by atoms with Crippen molar-refractivity contribution in [3.05, 3.63) is 27.7 Å². The normalized spacial score (nSPS) is 25.0. The van der Waals surface area contributed by atoms with Crippen LogP contribution in [0, 0.1) is 5.92 Å². The molecule has 4 nitrogen and oxygen atoms in total. The highest BCUT2D eigenvalue weighted by atomic mass is 35.5. The van der Waals surface area contributed by atoms with E-state index in [9.17, 15) is 9.90 Å². The molecular formula is C16H20Cl2N2O2. The van der Waals surface area contributed by atoms with Crippen LogP contribution in [0.2, 0.25) is 10.0 Å². The first-order valence-corrected chi connectivity index (χ1v) is 8.49. The highest BCUT2D eigenvalue weighted by molar-refractivity contribution is 6.42. The lowest BCUT2D eigenvalue weighted by Gasteiger charge is -2.31. The first-order chi connectivity index (χ1) is 10.6. The van der Waals surface area contributed by atoms with Gasteiger partial charge in [0.1, 0.15) is 5.75 Å². The summed E-state index contributed by atoms with van der Waals surface area (Å²) in [5.41, 5.74) is 0.731. The van der Waals surface area contributed by atoms with Crippen LogP contribution >= 0.6 is 23.2 Å². The summed E-state index contributed by atoms with van der Waals surface area (Å²) in [6, 6.07) is 3.39. The van der Waals surface area contributed by atoms with Gasteiger partial charge in [-0.05, 0) is 50.3 Å². The van der Waals surface area contributed by atoms with Crippen molar-refractivity contribution in [2.24, 2.45) is 5.92 Å². The number of aromatic hydroxyl groups is 1. The van der Waals surface area contributed by atoms with Gasteiger partial charge in [-0.3, -0.25) is 4.79 Å². The largest absolute Gasteiger partial charge is 0.508 e. The molecule has 22 heavy (non-hydrogen) atoms. The molecule has 6 heteroatoms. The van der Waals surface area contributed by atoms with Crippen LogP contribution < -0.4 is 10.6 Å². The Morgan fingerprint density at radius 2 is 2.09 bits per heavy atom. The molecule has 3 N–H and O–H groups in total. The Morgan fingerprint density at radius 3 is 2.82 bits per heavy atom. The Labute approximate surface area is 140 Å². The summed E-state index contributed by atoms with van der Waals surface area (Å²) in [7, 11) is 0. The Hall–Kier alpha value is -0.970. The van der Waals surface area contributed by atoms with Crippen LogP contribution in [0.25, 0.3) is 0 Å². The third-order valence-electron chi connectivity index (χ3n) is 4.48. The van der Waals surface area contributed by atoms with Crippen molar-refractivity contribution in [2.45, 2.75) is 37.6 Å². The first-order valence-electron chi connectivity index (χ1n) is 7.74. The molecular weight excluding hydrogens is 323 g/mol. The molecule has 1 saturated carbocycles. The second kappa shape index (κ2) is 6.65. The van der Waals surface area contributed by atoms with Crippen molar-refractivity contribution in [3.8, 4) is 5.75 Å². The minimum Gasteiger partial charge on any atom is -0.508 e. The molecule has 1 heterocycles. The van der Waals surface area contributed by atoms with Crippen LogP contribution in [0.3, 0.4) is 0 Å². The van der Waals surface area contributed by atoms with Gasteiger partial charge in [-0.15, -0.1) is 0 Å². The maximum absolute atomic E-state index is 11.7. The molecule has 120 valence electrons. The summed E-state index contributed by atoms with van der Waals surface area (Å²) < 4.78 is 0. The molecule has 1 aliphatic heterocycles. The molecule has 3 rings (SSSR count). The SMILES string of the molecule is O=C(NC[C@H]1C[C@@H](c2c(O)ccc(Cl)c2Cl)CCN1)C1CC1. The van der Waals surface area contributed by atoms with E-state index in [2.05, 4.69) is 10.6 Å². The van der Waals surface area contributed by atoms with Crippen molar-refractivity contribution < 1.29 is 9.90 Å².